The third-order valence-corrected chi connectivity index (χ3v) is 6.72. The Bertz CT molecular complexity index is 1770. The Labute approximate surface area is 239 Å². The maximum atomic E-state index is 13.6. The number of aromatic hydroxyl groups is 7. The normalized spacial score (nSPS) is 21.9. The highest BCUT2D eigenvalue weighted by Crippen LogP contribution is 2.40. The monoisotopic (exact) mass is 600 g/mol. The lowest BCUT2D eigenvalue weighted by Gasteiger charge is -2.40. The van der Waals surface area contributed by atoms with Crippen LogP contribution in [-0.2, 0) is 9.47 Å². The number of carbonyl (C=O) groups excluding carboxylic acids is 1. The zero-order valence-corrected chi connectivity index (χ0v) is 21.9. The first-order valence-corrected chi connectivity index (χ1v) is 12.5. The molecule has 1 fully saturated rings. The van der Waals surface area contributed by atoms with E-state index in [0.29, 0.717) is 0 Å². The average molecular weight is 600 g/mol. The van der Waals surface area contributed by atoms with Crippen LogP contribution in [0.4, 0.5) is 0 Å². The summed E-state index contributed by atoms with van der Waals surface area (Å²) in [6, 6.07) is 6.79. The lowest BCUT2D eigenvalue weighted by Crippen LogP contribution is -2.59. The molecule has 0 radical (unpaired) electrons. The summed E-state index contributed by atoms with van der Waals surface area (Å²) in [6.07, 6.45) is -8.42. The van der Waals surface area contributed by atoms with Crippen LogP contribution in [0.1, 0.15) is 17.3 Å². The van der Waals surface area contributed by atoms with Gasteiger partial charge in [-0.3, -0.25) is 4.79 Å². The van der Waals surface area contributed by atoms with Crippen molar-refractivity contribution in [3.05, 3.63) is 58.3 Å². The zero-order valence-electron chi connectivity index (χ0n) is 21.9. The van der Waals surface area contributed by atoms with Crippen LogP contribution in [0.5, 0.6) is 46.0 Å². The van der Waals surface area contributed by atoms with Gasteiger partial charge in [0, 0.05) is 17.7 Å². The van der Waals surface area contributed by atoms with Crippen molar-refractivity contribution in [3.8, 4) is 57.3 Å². The number of rotatable bonds is 5. The van der Waals surface area contributed by atoms with E-state index in [9.17, 15) is 55.5 Å². The fourth-order valence-electron chi connectivity index (χ4n) is 4.49. The van der Waals surface area contributed by atoms with Crippen molar-refractivity contribution in [3.63, 3.8) is 0 Å². The van der Waals surface area contributed by atoms with Gasteiger partial charge in [-0.05, 0) is 37.3 Å². The van der Waals surface area contributed by atoms with Crippen LogP contribution in [0.2, 0.25) is 0 Å². The molecule has 15 nitrogen and oxygen atoms in total. The Balaban J connectivity index is 1.55. The number of benzene rings is 3. The Morgan fingerprint density at radius 3 is 2.14 bits per heavy atom. The highest BCUT2D eigenvalue weighted by molar-refractivity contribution is 5.91. The van der Waals surface area contributed by atoms with E-state index >= 15 is 0 Å². The molecule has 0 aliphatic carbocycles. The largest absolute Gasteiger partial charge is 0.508 e. The van der Waals surface area contributed by atoms with Crippen molar-refractivity contribution >= 4 is 16.9 Å². The maximum Gasteiger partial charge on any atom is 0.338 e. The molecule has 3 aromatic carbocycles. The van der Waals surface area contributed by atoms with Crippen molar-refractivity contribution in [1.29, 1.82) is 0 Å². The van der Waals surface area contributed by atoms with Crippen molar-refractivity contribution in [2.45, 2.75) is 37.6 Å². The van der Waals surface area contributed by atoms with E-state index in [1.807, 2.05) is 0 Å². The number of ether oxygens (including phenoxy) is 3. The van der Waals surface area contributed by atoms with Gasteiger partial charge in [0.2, 0.25) is 17.5 Å². The van der Waals surface area contributed by atoms with Gasteiger partial charge in [0.15, 0.2) is 46.7 Å². The standard InChI is InChI=1S/C28H24O15/c1-9-20(35)25(42-27(39)11-5-16(33)21(36)17(34)6-11)23(38)28(40-9)43-26-22(37)19-15(32)7-12(29)8-18(19)41-24(26)10-2-3-13(30)14(31)4-10/h2-9,20,23,25,28-36,38H,1H3/t9-,20-,23+,25+,28-/m0/s1. The number of hydrogen-bond donors (Lipinski definition) is 9. The fraction of sp³-hybridized carbons (Fsp3) is 0.214. The Hall–Kier alpha value is -5.38. The summed E-state index contributed by atoms with van der Waals surface area (Å²) in [5.74, 6) is -7.13. The van der Waals surface area contributed by atoms with Gasteiger partial charge in [0.05, 0.1) is 11.7 Å². The number of carbonyl (C=O) groups is 1. The van der Waals surface area contributed by atoms with Crippen LogP contribution in [-0.4, -0.2) is 82.6 Å². The lowest BCUT2D eigenvalue weighted by atomic mass is 9.99. The molecule has 2 heterocycles. The second-order valence-corrected chi connectivity index (χ2v) is 9.67. The molecular formula is C28H24O15. The number of aliphatic hydroxyl groups is 2. The predicted octanol–water partition coefficient (Wildman–Crippen LogP) is 1.47. The van der Waals surface area contributed by atoms with E-state index in [1.165, 1.54) is 13.0 Å². The highest BCUT2D eigenvalue weighted by Gasteiger charge is 2.47. The molecule has 0 amide bonds. The summed E-state index contributed by atoms with van der Waals surface area (Å²) in [5, 5.41) is 90.3. The fourth-order valence-corrected chi connectivity index (χ4v) is 4.49. The predicted molar refractivity (Wildman–Crippen MR) is 142 cm³/mol. The number of esters is 1. The second-order valence-electron chi connectivity index (χ2n) is 9.67. The topological polar surface area (TPSA) is 257 Å². The summed E-state index contributed by atoms with van der Waals surface area (Å²) in [6.45, 7) is 1.34. The van der Waals surface area contributed by atoms with Gasteiger partial charge < -0.3 is 64.6 Å². The minimum atomic E-state index is -1.99. The van der Waals surface area contributed by atoms with Crippen LogP contribution in [0.15, 0.2) is 51.7 Å². The Kier molecular flexibility index (Phi) is 7.31. The van der Waals surface area contributed by atoms with Gasteiger partial charge in [-0.2, -0.15) is 0 Å². The molecule has 9 N–H and O–H groups in total. The molecule has 226 valence electrons. The van der Waals surface area contributed by atoms with E-state index < -0.39 is 105 Å². The average Bonchev–Trinajstić information content (AvgIpc) is 2.94. The molecule has 0 saturated carbocycles. The minimum absolute atomic E-state index is 0.0274. The first-order valence-electron chi connectivity index (χ1n) is 12.5. The molecule has 1 saturated heterocycles. The molecule has 5 atom stereocenters. The van der Waals surface area contributed by atoms with Gasteiger partial charge in [-0.15, -0.1) is 0 Å². The molecule has 1 aliphatic heterocycles. The van der Waals surface area contributed by atoms with Crippen molar-refractivity contribution in [2.75, 3.05) is 0 Å². The van der Waals surface area contributed by atoms with E-state index in [2.05, 4.69) is 0 Å². The number of fused-ring (bicyclic) bond motifs is 1. The van der Waals surface area contributed by atoms with E-state index in [0.717, 1.165) is 36.4 Å². The van der Waals surface area contributed by atoms with Gasteiger partial charge in [0.1, 0.15) is 28.6 Å². The lowest BCUT2D eigenvalue weighted by molar-refractivity contribution is -0.267. The van der Waals surface area contributed by atoms with Crippen molar-refractivity contribution in [1.82, 2.24) is 0 Å². The smallest absolute Gasteiger partial charge is 0.338 e. The molecule has 43 heavy (non-hydrogen) atoms. The number of phenols is 7. The highest BCUT2D eigenvalue weighted by atomic mass is 16.7. The van der Waals surface area contributed by atoms with Gasteiger partial charge >= 0.3 is 5.97 Å². The quantitative estimate of drug-likeness (QED) is 0.116. The summed E-state index contributed by atoms with van der Waals surface area (Å²) < 4.78 is 22.2. The first kappa shape index (κ1) is 29.1. The van der Waals surface area contributed by atoms with Gasteiger partial charge in [-0.1, -0.05) is 0 Å². The molecule has 0 bridgehead atoms. The van der Waals surface area contributed by atoms with Crippen LogP contribution in [0.3, 0.4) is 0 Å². The minimum Gasteiger partial charge on any atom is -0.508 e. The summed E-state index contributed by atoms with van der Waals surface area (Å²) in [4.78, 5) is 26.4. The molecular weight excluding hydrogens is 576 g/mol. The Morgan fingerprint density at radius 1 is 0.814 bits per heavy atom. The third kappa shape index (κ3) is 5.23. The van der Waals surface area contributed by atoms with Crippen molar-refractivity contribution < 1.29 is 69.4 Å². The maximum absolute atomic E-state index is 13.6. The van der Waals surface area contributed by atoms with E-state index in [1.54, 1.807) is 0 Å². The molecule has 4 aromatic rings. The molecule has 0 unspecified atom stereocenters. The van der Waals surface area contributed by atoms with Crippen LogP contribution >= 0.6 is 0 Å². The summed E-state index contributed by atoms with van der Waals surface area (Å²) >= 11 is 0. The molecule has 1 aliphatic rings. The van der Waals surface area contributed by atoms with Crippen LogP contribution in [0, 0.1) is 0 Å². The number of hydrogen-bond acceptors (Lipinski definition) is 15. The van der Waals surface area contributed by atoms with Gasteiger partial charge in [-0.25, -0.2) is 4.79 Å². The molecule has 0 spiro atoms. The van der Waals surface area contributed by atoms with Gasteiger partial charge in [0.25, 0.3) is 0 Å². The van der Waals surface area contributed by atoms with Crippen molar-refractivity contribution in [2.24, 2.45) is 0 Å². The van der Waals surface area contributed by atoms with Crippen LogP contribution in [0.25, 0.3) is 22.3 Å². The number of phenolic OH excluding ortho intramolecular Hbond substituents is 7. The summed E-state index contributed by atoms with van der Waals surface area (Å²) in [7, 11) is 0. The molecule has 1 aromatic heterocycles. The first-order chi connectivity index (χ1) is 20.3. The van der Waals surface area contributed by atoms with E-state index in [-0.39, 0.29) is 11.1 Å². The third-order valence-electron chi connectivity index (χ3n) is 6.72. The van der Waals surface area contributed by atoms with Crippen LogP contribution < -0.4 is 10.2 Å². The van der Waals surface area contributed by atoms with E-state index in [4.69, 9.17) is 18.6 Å². The number of aliphatic hydroxyl groups excluding tert-OH is 2. The second kappa shape index (κ2) is 10.8. The SMILES string of the molecule is C[C@@H]1O[C@@H](Oc2c(-c3ccc(O)c(O)c3)oc3cc(O)cc(O)c3c2=O)[C@H](O)[C@H](OC(=O)c2cc(O)c(O)c(O)c2)[C@H]1O. The Morgan fingerprint density at radius 2 is 1.49 bits per heavy atom. The summed E-state index contributed by atoms with van der Waals surface area (Å²) in [5.41, 5.74) is -1.79. The molecule has 15 heteroatoms. The zero-order chi connectivity index (χ0) is 31.3. The molecule has 5 rings (SSSR count).